The molecule has 1 N–H and O–H groups in total. The van der Waals surface area contributed by atoms with Crippen molar-refractivity contribution in [2.24, 2.45) is 23.2 Å². The Morgan fingerprint density at radius 1 is 1.14 bits per heavy atom. The summed E-state index contributed by atoms with van der Waals surface area (Å²) in [4.78, 5) is 14.4. The van der Waals surface area contributed by atoms with Crippen molar-refractivity contribution in [3.05, 3.63) is 47.5 Å². The van der Waals surface area contributed by atoms with E-state index in [4.69, 9.17) is 0 Å². The van der Waals surface area contributed by atoms with Crippen LogP contribution in [0.2, 0.25) is 0 Å². The van der Waals surface area contributed by atoms with E-state index in [0.717, 1.165) is 29.6 Å². The monoisotopic (exact) mass is 376 g/mol. The number of nitrogens with zero attached hydrogens (tertiary/aromatic N) is 1. The first-order valence-electron chi connectivity index (χ1n) is 11.4. The Morgan fingerprint density at radius 3 is 2.71 bits per heavy atom. The minimum atomic E-state index is 0.0858. The molecule has 5 atom stereocenters. The standard InChI is InChI=1S/C25H32N2O/c1-17(28)26-23-8-9-24(22-5-3-2-4-20(22)23)10-12-27(13-11-24)16-18-14-25-15-19(25)6-7-21(18)25/h2-7,18-19,21,23H,8-16H2,1H3,(H,26,28)/t18-,19-,21+,23-,25?/m0/s1. The first-order valence-corrected chi connectivity index (χ1v) is 11.4. The first-order chi connectivity index (χ1) is 13.6. The van der Waals surface area contributed by atoms with Crippen LogP contribution in [0.4, 0.5) is 0 Å². The van der Waals surface area contributed by atoms with Gasteiger partial charge < -0.3 is 10.2 Å². The third-order valence-corrected chi connectivity index (χ3v) is 9.05. The lowest BCUT2D eigenvalue weighted by atomic mass is 9.61. The number of rotatable bonds is 3. The Hall–Kier alpha value is -1.61. The smallest absolute Gasteiger partial charge is 0.217 e. The van der Waals surface area contributed by atoms with E-state index in [9.17, 15) is 4.79 Å². The van der Waals surface area contributed by atoms with Crippen LogP contribution in [0.1, 0.15) is 62.6 Å². The van der Waals surface area contributed by atoms with Crippen LogP contribution in [0.25, 0.3) is 0 Å². The van der Waals surface area contributed by atoms with Crippen LogP contribution < -0.4 is 5.32 Å². The van der Waals surface area contributed by atoms with Gasteiger partial charge in [-0.15, -0.1) is 0 Å². The van der Waals surface area contributed by atoms with E-state index < -0.39 is 0 Å². The molecule has 1 aromatic carbocycles. The summed E-state index contributed by atoms with van der Waals surface area (Å²) in [5.74, 6) is 2.86. The van der Waals surface area contributed by atoms with Gasteiger partial charge in [0.15, 0.2) is 0 Å². The maximum absolute atomic E-state index is 11.7. The van der Waals surface area contributed by atoms with Crippen molar-refractivity contribution < 1.29 is 4.79 Å². The molecule has 0 aromatic heterocycles. The van der Waals surface area contributed by atoms with Gasteiger partial charge in [0, 0.05) is 13.5 Å². The molecular weight excluding hydrogens is 344 g/mol. The molecule has 1 saturated heterocycles. The Morgan fingerprint density at radius 2 is 1.96 bits per heavy atom. The minimum Gasteiger partial charge on any atom is -0.350 e. The number of hydrogen-bond acceptors (Lipinski definition) is 2. The van der Waals surface area contributed by atoms with E-state index in [2.05, 4.69) is 46.6 Å². The van der Waals surface area contributed by atoms with Crippen LogP contribution in [0.5, 0.6) is 0 Å². The zero-order valence-corrected chi connectivity index (χ0v) is 17.0. The summed E-state index contributed by atoms with van der Waals surface area (Å²) < 4.78 is 0. The molecule has 6 rings (SSSR count). The molecule has 3 nitrogen and oxygen atoms in total. The Bertz CT molecular complexity index is 837. The fourth-order valence-corrected chi connectivity index (χ4v) is 7.47. The van der Waals surface area contributed by atoms with Crippen molar-refractivity contribution in [3.8, 4) is 0 Å². The number of nitrogens with one attached hydrogen (secondary N) is 1. The molecule has 3 fully saturated rings. The normalized spacial score (nSPS) is 39.6. The molecule has 5 aliphatic rings. The minimum absolute atomic E-state index is 0.0858. The van der Waals surface area contributed by atoms with Gasteiger partial charge >= 0.3 is 0 Å². The maximum atomic E-state index is 11.7. The molecule has 0 bridgehead atoms. The van der Waals surface area contributed by atoms with Crippen molar-refractivity contribution in [1.29, 1.82) is 0 Å². The second-order valence-electron chi connectivity index (χ2n) is 10.4. The van der Waals surface area contributed by atoms with Gasteiger partial charge in [-0.05, 0) is 91.3 Å². The molecule has 2 spiro atoms. The predicted molar refractivity (Wildman–Crippen MR) is 111 cm³/mol. The maximum Gasteiger partial charge on any atom is 0.217 e. The second-order valence-corrected chi connectivity index (χ2v) is 10.4. The van der Waals surface area contributed by atoms with Gasteiger partial charge in [0.05, 0.1) is 6.04 Å². The lowest BCUT2D eigenvalue weighted by Crippen LogP contribution is -2.50. The largest absolute Gasteiger partial charge is 0.350 e. The molecule has 1 aliphatic heterocycles. The van der Waals surface area contributed by atoms with Gasteiger partial charge in [-0.25, -0.2) is 0 Å². The Labute approximate surface area is 168 Å². The summed E-state index contributed by atoms with van der Waals surface area (Å²) in [5.41, 5.74) is 3.97. The molecule has 1 aromatic rings. The summed E-state index contributed by atoms with van der Waals surface area (Å²) >= 11 is 0. The van der Waals surface area contributed by atoms with Gasteiger partial charge in [0.2, 0.25) is 5.91 Å². The zero-order chi connectivity index (χ0) is 18.9. The number of fused-ring (bicyclic) bond motifs is 2. The summed E-state index contributed by atoms with van der Waals surface area (Å²) in [5, 5.41) is 3.18. The summed E-state index contributed by atoms with van der Waals surface area (Å²) in [7, 11) is 0. The van der Waals surface area contributed by atoms with E-state index in [0.29, 0.717) is 5.41 Å². The van der Waals surface area contributed by atoms with Gasteiger partial charge in [-0.1, -0.05) is 36.4 Å². The predicted octanol–water partition coefficient (Wildman–Crippen LogP) is 4.20. The van der Waals surface area contributed by atoms with Crippen molar-refractivity contribution in [3.63, 3.8) is 0 Å². The average molecular weight is 377 g/mol. The van der Waals surface area contributed by atoms with E-state index in [1.54, 1.807) is 6.92 Å². The van der Waals surface area contributed by atoms with Crippen LogP contribution >= 0.6 is 0 Å². The molecule has 1 heterocycles. The van der Waals surface area contributed by atoms with Crippen molar-refractivity contribution in [1.82, 2.24) is 10.2 Å². The Kier molecular flexibility index (Phi) is 3.67. The van der Waals surface area contributed by atoms with Gasteiger partial charge in [0.1, 0.15) is 0 Å². The number of amides is 1. The van der Waals surface area contributed by atoms with E-state index in [1.807, 2.05) is 0 Å². The highest BCUT2D eigenvalue weighted by Gasteiger charge is 2.68. The highest BCUT2D eigenvalue weighted by atomic mass is 16.1. The quantitative estimate of drug-likeness (QED) is 0.802. The number of allylic oxidation sites excluding steroid dienone is 2. The van der Waals surface area contributed by atoms with E-state index in [1.165, 1.54) is 62.9 Å². The number of carbonyl (C=O) groups excluding carboxylic acids is 1. The van der Waals surface area contributed by atoms with Crippen LogP contribution in [0, 0.1) is 23.2 Å². The third kappa shape index (κ3) is 2.41. The van der Waals surface area contributed by atoms with Gasteiger partial charge in [-0.3, -0.25) is 4.79 Å². The molecular formula is C25H32N2O. The van der Waals surface area contributed by atoms with Crippen molar-refractivity contribution in [2.45, 2.75) is 56.9 Å². The van der Waals surface area contributed by atoms with Gasteiger partial charge in [-0.2, -0.15) is 0 Å². The summed E-state index contributed by atoms with van der Waals surface area (Å²) in [6.45, 7) is 5.43. The highest BCUT2D eigenvalue weighted by Crippen LogP contribution is 2.75. The fourth-order valence-electron chi connectivity index (χ4n) is 7.47. The van der Waals surface area contributed by atoms with E-state index >= 15 is 0 Å². The molecule has 0 radical (unpaired) electrons. The molecule has 1 amide bonds. The zero-order valence-electron chi connectivity index (χ0n) is 17.0. The highest BCUT2D eigenvalue weighted by molar-refractivity contribution is 5.73. The summed E-state index contributed by atoms with van der Waals surface area (Å²) in [6, 6.07) is 9.11. The molecule has 148 valence electrons. The summed E-state index contributed by atoms with van der Waals surface area (Å²) in [6.07, 6.45) is 12.9. The van der Waals surface area contributed by atoms with E-state index in [-0.39, 0.29) is 11.9 Å². The first kappa shape index (κ1) is 17.3. The van der Waals surface area contributed by atoms with Crippen LogP contribution in [0.3, 0.4) is 0 Å². The SMILES string of the molecule is CC(=O)N[C@H]1CCC2(CCN(C[C@@H]3CC45C[C@@H]4C=C[C@H]35)CC2)c2ccccc21. The molecule has 3 heteroatoms. The topological polar surface area (TPSA) is 32.3 Å². The molecule has 1 unspecified atom stereocenters. The lowest BCUT2D eigenvalue weighted by Gasteiger charge is -2.50. The second kappa shape index (κ2) is 5.95. The number of carbonyl (C=O) groups is 1. The molecule has 2 saturated carbocycles. The van der Waals surface area contributed by atoms with Crippen LogP contribution in [-0.4, -0.2) is 30.4 Å². The number of hydrogen-bond donors (Lipinski definition) is 1. The van der Waals surface area contributed by atoms with Crippen molar-refractivity contribution >= 4 is 5.91 Å². The van der Waals surface area contributed by atoms with Crippen LogP contribution in [0.15, 0.2) is 36.4 Å². The number of benzene rings is 1. The average Bonchev–Trinajstić information content (AvgIpc) is 3.34. The lowest BCUT2D eigenvalue weighted by molar-refractivity contribution is -0.119. The molecule has 28 heavy (non-hydrogen) atoms. The number of likely N-dealkylation sites (tertiary alicyclic amines) is 1. The third-order valence-electron chi connectivity index (χ3n) is 9.05. The number of piperidine rings is 1. The van der Waals surface area contributed by atoms with Gasteiger partial charge in [0.25, 0.3) is 0 Å². The fraction of sp³-hybridized carbons (Fsp3) is 0.640. The van der Waals surface area contributed by atoms with Crippen LogP contribution in [-0.2, 0) is 10.2 Å². The van der Waals surface area contributed by atoms with Crippen molar-refractivity contribution in [2.75, 3.05) is 19.6 Å². The molecule has 4 aliphatic carbocycles. The Balaban J connectivity index is 1.14.